The lowest BCUT2D eigenvalue weighted by Crippen LogP contribution is -2.46. The van der Waals surface area contributed by atoms with Crippen molar-refractivity contribution in [2.24, 2.45) is 11.8 Å². The van der Waals surface area contributed by atoms with E-state index in [9.17, 15) is 4.79 Å². The van der Waals surface area contributed by atoms with Crippen molar-refractivity contribution in [3.63, 3.8) is 0 Å². The zero-order chi connectivity index (χ0) is 20.3. The Morgan fingerprint density at radius 3 is 1.92 bits per heavy atom. The molecule has 3 nitrogen and oxygen atoms in total. The average Bonchev–Trinajstić information content (AvgIpc) is 2.55. The van der Waals surface area contributed by atoms with E-state index in [1.165, 1.54) is 5.57 Å². The molecule has 0 saturated carbocycles. The maximum atomic E-state index is 12.3. The first-order chi connectivity index (χ1) is 12.1. The second-order valence-corrected chi connectivity index (χ2v) is 8.50. The molecule has 0 bridgehead atoms. The van der Waals surface area contributed by atoms with E-state index in [0.29, 0.717) is 17.5 Å². The Bertz CT molecular complexity index is 476. The molecule has 1 N–H and O–H groups in total. The third-order valence-corrected chi connectivity index (χ3v) is 4.51. The molecule has 1 rings (SSSR count). The van der Waals surface area contributed by atoms with Crippen LogP contribution in [0, 0.1) is 11.8 Å². The maximum Gasteiger partial charge on any atom is 0.251 e. The van der Waals surface area contributed by atoms with Crippen LogP contribution in [0.5, 0.6) is 0 Å². The summed E-state index contributed by atoms with van der Waals surface area (Å²) in [6.07, 6.45) is 7.58. The fourth-order valence-corrected chi connectivity index (χ4v) is 2.48. The van der Waals surface area contributed by atoms with Gasteiger partial charge in [0.05, 0.1) is 0 Å². The van der Waals surface area contributed by atoms with Crippen LogP contribution in [-0.2, 0) is 4.79 Å². The molecule has 1 heterocycles. The molecule has 0 unspecified atom stereocenters. The Labute approximate surface area is 162 Å². The second-order valence-electron chi connectivity index (χ2n) is 8.50. The first-order valence-electron chi connectivity index (χ1n) is 10.1. The van der Waals surface area contributed by atoms with E-state index in [2.05, 4.69) is 72.2 Å². The van der Waals surface area contributed by atoms with Crippen molar-refractivity contribution in [1.82, 2.24) is 10.2 Å². The average molecular weight is 363 g/mol. The monoisotopic (exact) mass is 362 g/mol. The summed E-state index contributed by atoms with van der Waals surface area (Å²) in [6.45, 7) is 23.2. The Balaban J connectivity index is 0.00000141. The number of nitrogens with zero attached hydrogens (tertiary/aromatic N) is 1. The Kier molecular flexibility index (Phi) is 12.2. The Morgan fingerprint density at radius 2 is 1.54 bits per heavy atom. The van der Waals surface area contributed by atoms with Gasteiger partial charge in [0, 0.05) is 30.7 Å². The standard InChI is InChI=1S/C19H32N2O.C4H10/c1-7-17(9-8-16(6)14(2)3)19(22)20-18-10-12-21(13-11-18)15(4)5;1-4(2)3/h7-9,14-15,18H,1,10-13H2,2-6H3,(H,20,22);4H,1-3H3/b16-8+,17-9+;. The molecule has 1 amide bonds. The van der Waals surface area contributed by atoms with Crippen LogP contribution >= 0.6 is 0 Å². The summed E-state index contributed by atoms with van der Waals surface area (Å²) < 4.78 is 0. The number of amides is 1. The molecule has 3 heteroatoms. The van der Waals surface area contributed by atoms with Crippen molar-refractivity contribution in [1.29, 1.82) is 0 Å². The number of hydrogen-bond acceptors (Lipinski definition) is 2. The minimum absolute atomic E-state index is 0.00852. The van der Waals surface area contributed by atoms with Crippen LogP contribution in [0.4, 0.5) is 0 Å². The summed E-state index contributed by atoms with van der Waals surface area (Å²) in [5, 5.41) is 3.15. The minimum atomic E-state index is -0.00852. The number of hydrogen-bond donors (Lipinski definition) is 1. The van der Waals surface area contributed by atoms with Crippen molar-refractivity contribution >= 4 is 5.91 Å². The normalized spacial score (nSPS) is 17.3. The molecule has 0 aromatic heterocycles. The van der Waals surface area contributed by atoms with Crippen molar-refractivity contribution in [2.45, 2.75) is 80.3 Å². The molecule has 1 fully saturated rings. The molecule has 1 aliphatic rings. The molecule has 0 aromatic rings. The maximum absolute atomic E-state index is 12.3. The van der Waals surface area contributed by atoms with Gasteiger partial charge in [-0.15, -0.1) is 0 Å². The third-order valence-electron chi connectivity index (χ3n) is 4.51. The first-order valence-corrected chi connectivity index (χ1v) is 10.1. The van der Waals surface area contributed by atoms with E-state index >= 15 is 0 Å². The third kappa shape index (κ3) is 10.6. The van der Waals surface area contributed by atoms with Crippen LogP contribution in [0.3, 0.4) is 0 Å². The summed E-state index contributed by atoms with van der Waals surface area (Å²) in [5.41, 5.74) is 1.91. The lowest BCUT2D eigenvalue weighted by atomic mass is 10.0. The molecule has 0 aliphatic carbocycles. The highest BCUT2D eigenvalue weighted by Gasteiger charge is 2.22. The molecule has 1 aliphatic heterocycles. The molecular formula is C23H42N2O. The highest BCUT2D eigenvalue weighted by atomic mass is 16.1. The molecule has 26 heavy (non-hydrogen) atoms. The van der Waals surface area contributed by atoms with Crippen LogP contribution in [0.2, 0.25) is 0 Å². The predicted octanol–water partition coefficient (Wildman–Crippen LogP) is 5.35. The van der Waals surface area contributed by atoms with Gasteiger partial charge in [-0.2, -0.15) is 0 Å². The van der Waals surface area contributed by atoms with Crippen molar-refractivity contribution < 1.29 is 4.79 Å². The van der Waals surface area contributed by atoms with Gasteiger partial charge in [-0.1, -0.05) is 58.9 Å². The number of nitrogens with one attached hydrogen (secondary N) is 1. The fraction of sp³-hybridized carbons (Fsp3) is 0.696. The van der Waals surface area contributed by atoms with Crippen LogP contribution in [-0.4, -0.2) is 36.0 Å². The van der Waals surface area contributed by atoms with E-state index in [4.69, 9.17) is 0 Å². The molecule has 0 aromatic carbocycles. The van der Waals surface area contributed by atoms with Crippen molar-refractivity contribution in [3.05, 3.63) is 36.0 Å². The van der Waals surface area contributed by atoms with Crippen molar-refractivity contribution in [2.75, 3.05) is 13.1 Å². The zero-order valence-corrected chi connectivity index (χ0v) is 18.4. The molecule has 0 atom stereocenters. The van der Waals surface area contributed by atoms with Crippen LogP contribution in [0.15, 0.2) is 36.0 Å². The van der Waals surface area contributed by atoms with Crippen LogP contribution < -0.4 is 5.32 Å². The largest absolute Gasteiger partial charge is 0.349 e. The summed E-state index contributed by atoms with van der Waals surface area (Å²) >= 11 is 0. The number of rotatable bonds is 6. The Morgan fingerprint density at radius 1 is 1.04 bits per heavy atom. The SMILES string of the molecule is C=C/C(=C\C=C(/C)C(C)C)C(=O)NC1CCN(C(C)C)CC1.CC(C)C. The molecular weight excluding hydrogens is 320 g/mol. The van der Waals surface area contributed by atoms with Gasteiger partial charge >= 0.3 is 0 Å². The van der Waals surface area contributed by atoms with E-state index in [-0.39, 0.29) is 11.9 Å². The number of likely N-dealkylation sites (tertiary alicyclic amines) is 1. The van der Waals surface area contributed by atoms with Gasteiger partial charge in [0.25, 0.3) is 5.91 Å². The molecule has 0 radical (unpaired) electrons. The lowest BCUT2D eigenvalue weighted by molar-refractivity contribution is -0.118. The number of carbonyl (C=O) groups excluding carboxylic acids is 1. The Hall–Kier alpha value is -1.35. The highest BCUT2D eigenvalue weighted by Crippen LogP contribution is 2.14. The predicted molar refractivity (Wildman–Crippen MR) is 115 cm³/mol. The van der Waals surface area contributed by atoms with Gasteiger partial charge in [-0.3, -0.25) is 4.79 Å². The summed E-state index contributed by atoms with van der Waals surface area (Å²) in [5.74, 6) is 1.32. The van der Waals surface area contributed by atoms with Gasteiger partial charge < -0.3 is 10.2 Å². The number of piperidine rings is 1. The molecule has 150 valence electrons. The van der Waals surface area contributed by atoms with Gasteiger partial charge in [0.2, 0.25) is 0 Å². The minimum Gasteiger partial charge on any atom is -0.349 e. The van der Waals surface area contributed by atoms with E-state index in [0.717, 1.165) is 31.8 Å². The first kappa shape index (κ1) is 24.7. The van der Waals surface area contributed by atoms with E-state index in [1.807, 2.05) is 12.2 Å². The molecule has 1 saturated heterocycles. The van der Waals surface area contributed by atoms with Gasteiger partial charge in [0.15, 0.2) is 0 Å². The molecule has 0 spiro atoms. The quantitative estimate of drug-likeness (QED) is 0.510. The van der Waals surface area contributed by atoms with E-state index < -0.39 is 0 Å². The second kappa shape index (κ2) is 12.9. The fourth-order valence-electron chi connectivity index (χ4n) is 2.48. The van der Waals surface area contributed by atoms with Gasteiger partial charge in [-0.05, 0) is 51.5 Å². The van der Waals surface area contributed by atoms with Crippen LogP contribution in [0.1, 0.15) is 68.2 Å². The van der Waals surface area contributed by atoms with Crippen LogP contribution in [0.25, 0.3) is 0 Å². The van der Waals surface area contributed by atoms with Crippen molar-refractivity contribution in [3.8, 4) is 0 Å². The number of allylic oxidation sites excluding steroid dienone is 3. The summed E-state index contributed by atoms with van der Waals surface area (Å²) in [4.78, 5) is 14.8. The number of carbonyl (C=O) groups is 1. The van der Waals surface area contributed by atoms with Gasteiger partial charge in [-0.25, -0.2) is 0 Å². The van der Waals surface area contributed by atoms with E-state index in [1.54, 1.807) is 6.08 Å². The zero-order valence-electron chi connectivity index (χ0n) is 18.4. The van der Waals surface area contributed by atoms with Gasteiger partial charge in [0.1, 0.15) is 0 Å². The highest BCUT2D eigenvalue weighted by molar-refractivity contribution is 5.96. The summed E-state index contributed by atoms with van der Waals surface area (Å²) in [7, 11) is 0. The lowest BCUT2D eigenvalue weighted by Gasteiger charge is -2.34. The summed E-state index contributed by atoms with van der Waals surface area (Å²) in [6, 6.07) is 0.866. The topological polar surface area (TPSA) is 32.3 Å². The smallest absolute Gasteiger partial charge is 0.251 e.